The molecule has 2 heteroatoms. The zero-order valence-electron chi connectivity index (χ0n) is 10.5. The van der Waals surface area contributed by atoms with Crippen molar-refractivity contribution in [1.82, 2.24) is 5.32 Å². The summed E-state index contributed by atoms with van der Waals surface area (Å²) in [6.45, 7) is 6.09. The molecule has 2 nitrogen and oxygen atoms in total. The van der Waals surface area contributed by atoms with Crippen LogP contribution in [0.1, 0.15) is 22.5 Å². The summed E-state index contributed by atoms with van der Waals surface area (Å²) in [6, 6.07) is 10.5. The van der Waals surface area contributed by atoms with Gasteiger partial charge in [0.05, 0.1) is 12.8 Å². The first kappa shape index (κ1) is 11.9. The van der Waals surface area contributed by atoms with Gasteiger partial charge in [0, 0.05) is 0 Å². The van der Waals surface area contributed by atoms with Crippen LogP contribution in [0.3, 0.4) is 0 Å². The second-order valence-electron chi connectivity index (χ2n) is 4.44. The fourth-order valence-electron chi connectivity index (χ4n) is 1.92. The van der Waals surface area contributed by atoms with Crippen LogP contribution in [0.25, 0.3) is 0 Å². The Morgan fingerprint density at radius 2 is 2.06 bits per heavy atom. The van der Waals surface area contributed by atoms with E-state index in [4.69, 9.17) is 4.42 Å². The summed E-state index contributed by atoms with van der Waals surface area (Å²) in [7, 11) is 0. The van der Waals surface area contributed by atoms with E-state index in [0.717, 1.165) is 25.3 Å². The van der Waals surface area contributed by atoms with Crippen molar-refractivity contribution in [3.8, 4) is 0 Å². The van der Waals surface area contributed by atoms with E-state index in [2.05, 4.69) is 37.4 Å². The van der Waals surface area contributed by atoms with Crippen LogP contribution >= 0.6 is 0 Å². The molecule has 1 aromatic carbocycles. The number of hydrogen-bond donors (Lipinski definition) is 1. The molecule has 0 unspecified atom stereocenters. The van der Waals surface area contributed by atoms with E-state index in [0.29, 0.717) is 0 Å². The van der Waals surface area contributed by atoms with Crippen LogP contribution in [-0.4, -0.2) is 6.54 Å². The molecule has 0 bridgehead atoms. The summed E-state index contributed by atoms with van der Waals surface area (Å²) in [4.78, 5) is 0. The van der Waals surface area contributed by atoms with E-state index in [9.17, 15) is 0 Å². The van der Waals surface area contributed by atoms with Crippen molar-refractivity contribution < 1.29 is 4.42 Å². The number of hydrogen-bond acceptors (Lipinski definition) is 2. The molecule has 0 saturated carbocycles. The van der Waals surface area contributed by atoms with Gasteiger partial charge in [0.2, 0.25) is 0 Å². The van der Waals surface area contributed by atoms with Gasteiger partial charge in [-0.1, -0.05) is 23.8 Å². The average molecular weight is 229 g/mol. The van der Waals surface area contributed by atoms with Gasteiger partial charge < -0.3 is 9.73 Å². The molecule has 2 aromatic rings. The fraction of sp³-hybridized carbons (Fsp3) is 0.333. The molecule has 0 atom stereocenters. The van der Waals surface area contributed by atoms with Gasteiger partial charge in [-0.15, -0.1) is 0 Å². The van der Waals surface area contributed by atoms with Crippen LogP contribution in [-0.2, 0) is 13.0 Å². The predicted octanol–water partition coefficient (Wildman–Crippen LogP) is 3.23. The number of furan rings is 1. The Morgan fingerprint density at radius 3 is 2.82 bits per heavy atom. The van der Waals surface area contributed by atoms with Gasteiger partial charge in [-0.2, -0.15) is 0 Å². The van der Waals surface area contributed by atoms with E-state index in [-0.39, 0.29) is 0 Å². The molecular weight excluding hydrogens is 210 g/mol. The molecule has 1 aromatic heterocycles. The summed E-state index contributed by atoms with van der Waals surface area (Å²) in [5.41, 5.74) is 4.13. The SMILES string of the molecule is Cc1ccc(C)c(CCNCc2ccco2)c1. The summed E-state index contributed by atoms with van der Waals surface area (Å²) in [5.74, 6) is 0.992. The van der Waals surface area contributed by atoms with Crippen molar-refractivity contribution in [2.24, 2.45) is 0 Å². The van der Waals surface area contributed by atoms with Crippen molar-refractivity contribution in [1.29, 1.82) is 0 Å². The molecule has 0 amide bonds. The molecule has 2 rings (SSSR count). The molecular formula is C15H19NO. The Morgan fingerprint density at radius 1 is 1.18 bits per heavy atom. The molecule has 17 heavy (non-hydrogen) atoms. The Labute approximate surface area is 103 Å². The van der Waals surface area contributed by atoms with E-state index in [1.165, 1.54) is 16.7 Å². The lowest BCUT2D eigenvalue weighted by Crippen LogP contribution is -2.16. The van der Waals surface area contributed by atoms with Crippen LogP contribution < -0.4 is 5.32 Å². The largest absolute Gasteiger partial charge is 0.468 e. The Balaban J connectivity index is 1.80. The third-order valence-corrected chi connectivity index (χ3v) is 2.96. The lowest BCUT2D eigenvalue weighted by molar-refractivity contribution is 0.484. The quantitative estimate of drug-likeness (QED) is 0.796. The number of aryl methyl sites for hydroxylation is 2. The van der Waals surface area contributed by atoms with Gasteiger partial charge >= 0.3 is 0 Å². The number of nitrogens with one attached hydrogen (secondary N) is 1. The summed E-state index contributed by atoms with van der Waals surface area (Å²) < 4.78 is 5.27. The molecule has 0 fully saturated rings. The maximum atomic E-state index is 5.27. The highest BCUT2D eigenvalue weighted by molar-refractivity contribution is 5.30. The molecule has 0 aliphatic carbocycles. The Bertz CT molecular complexity index is 460. The van der Waals surface area contributed by atoms with Crippen LogP contribution in [0.15, 0.2) is 41.0 Å². The highest BCUT2D eigenvalue weighted by Gasteiger charge is 1.99. The van der Waals surface area contributed by atoms with Crippen LogP contribution in [0.5, 0.6) is 0 Å². The number of rotatable bonds is 5. The van der Waals surface area contributed by atoms with E-state index in [1.54, 1.807) is 6.26 Å². The molecule has 1 heterocycles. The van der Waals surface area contributed by atoms with Gasteiger partial charge in [-0.3, -0.25) is 0 Å². The second kappa shape index (κ2) is 5.69. The second-order valence-corrected chi connectivity index (χ2v) is 4.44. The Hall–Kier alpha value is -1.54. The highest BCUT2D eigenvalue weighted by Crippen LogP contribution is 2.10. The molecule has 0 saturated heterocycles. The van der Waals surface area contributed by atoms with E-state index >= 15 is 0 Å². The van der Waals surface area contributed by atoms with Crippen LogP contribution in [0.4, 0.5) is 0 Å². The molecule has 90 valence electrons. The maximum Gasteiger partial charge on any atom is 0.117 e. The van der Waals surface area contributed by atoms with Gasteiger partial charge in [-0.25, -0.2) is 0 Å². The van der Waals surface area contributed by atoms with Crippen molar-refractivity contribution in [3.63, 3.8) is 0 Å². The predicted molar refractivity (Wildman–Crippen MR) is 70.0 cm³/mol. The van der Waals surface area contributed by atoms with Gasteiger partial charge in [0.15, 0.2) is 0 Å². The first-order chi connectivity index (χ1) is 8.25. The number of benzene rings is 1. The van der Waals surface area contributed by atoms with E-state index in [1.807, 2.05) is 12.1 Å². The van der Waals surface area contributed by atoms with Crippen LogP contribution in [0.2, 0.25) is 0 Å². The maximum absolute atomic E-state index is 5.27. The zero-order valence-corrected chi connectivity index (χ0v) is 10.5. The average Bonchev–Trinajstić information content (AvgIpc) is 2.82. The lowest BCUT2D eigenvalue weighted by atomic mass is 10.0. The molecule has 0 aliphatic rings. The van der Waals surface area contributed by atoms with Gasteiger partial charge in [0.25, 0.3) is 0 Å². The fourth-order valence-corrected chi connectivity index (χ4v) is 1.92. The molecule has 1 N–H and O–H groups in total. The van der Waals surface area contributed by atoms with Crippen molar-refractivity contribution in [2.75, 3.05) is 6.54 Å². The van der Waals surface area contributed by atoms with Gasteiger partial charge in [-0.05, 0) is 50.1 Å². The standard InChI is InChI=1S/C15H19NO/c1-12-5-6-13(2)14(10-12)7-8-16-11-15-4-3-9-17-15/h3-6,9-10,16H,7-8,11H2,1-2H3. The molecule has 0 aliphatic heterocycles. The normalized spacial score (nSPS) is 10.7. The van der Waals surface area contributed by atoms with Crippen molar-refractivity contribution >= 4 is 0 Å². The molecule has 0 spiro atoms. The monoisotopic (exact) mass is 229 g/mol. The first-order valence-corrected chi connectivity index (χ1v) is 6.05. The highest BCUT2D eigenvalue weighted by atomic mass is 16.3. The lowest BCUT2D eigenvalue weighted by Gasteiger charge is -2.07. The summed E-state index contributed by atoms with van der Waals surface area (Å²) >= 11 is 0. The van der Waals surface area contributed by atoms with Gasteiger partial charge in [0.1, 0.15) is 5.76 Å². The smallest absolute Gasteiger partial charge is 0.117 e. The minimum absolute atomic E-state index is 0.803. The zero-order chi connectivity index (χ0) is 12.1. The summed E-state index contributed by atoms with van der Waals surface area (Å²) in [6.07, 6.45) is 2.77. The Kier molecular flexibility index (Phi) is 3.99. The van der Waals surface area contributed by atoms with Crippen molar-refractivity contribution in [3.05, 3.63) is 59.0 Å². The third kappa shape index (κ3) is 3.46. The minimum atomic E-state index is 0.803. The topological polar surface area (TPSA) is 25.2 Å². The van der Waals surface area contributed by atoms with Crippen molar-refractivity contribution in [2.45, 2.75) is 26.8 Å². The molecule has 0 radical (unpaired) electrons. The minimum Gasteiger partial charge on any atom is -0.468 e. The van der Waals surface area contributed by atoms with E-state index < -0.39 is 0 Å². The third-order valence-electron chi connectivity index (χ3n) is 2.96. The first-order valence-electron chi connectivity index (χ1n) is 6.05. The van der Waals surface area contributed by atoms with Crippen LogP contribution in [0, 0.1) is 13.8 Å². The summed E-state index contributed by atoms with van der Waals surface area (Å²) in [5, 5.41) is 3.39.